The normalized spacial score (nSPS) is 14.4. The van der Waals surface area contributed by atoms with E-state index in [1.165, 1.54) is 12.1 Å². The lowest BCUT2D eigenvalue weighted by Crippen LogP contribution is -2.41. The average molecular weight is 453 g/mol. The van der Waals surface area contributed by atoms with Crippen LogP contribution in [-0.2, 0) is 11.3 Å². The molecule has 0 aliphatic carbocycles. The van der Waals surface area contributed by atoms with Gasteiger partial charge in [0.05, 0.1) is 18.8 Å². The van der Waals surface area contributed by atoms with Gasteiger partial charge in [-0.3, -0.25) is 14.5 Å². The minimum absolute atomic E-state index is 0.0125. The molecule has 7 nitrogen and oxygen atoms in total. The number of halogens is 1. The van der Waals surface area contributed by atoms with Crippen LogP contribution in [-0.4, -0.2) is 60.7 Å². The third-order valence-corrected chi connectivity index (χ3v) is 5.77. The van der Waals surface area contributed by atoms with Crippen molar-refractivity contribution in [3.8, 4) is 0 Å². The Kier molecular flexibility index (Phi) is 7.36. The number of carbonyl (C=O) groups is 2. The minimum atomic E-state index is -0.568. The molecule has 33 heavy (non-hydrogen) atoms. The second-order valence-electron chi connectivity index (χ2n) is 8.10. The number of carbonyl (C=O) groups excluding carboxylic acids is 2. The molecule has 0 bridgehead atoms. The van der Waals surface area contributed by atoms with Crippen LogP contribution >= 0.6 is 0 Å². The molecular formula is C25H29FN4O3. The third kappa shape index (κ3) is 5.40. The highest BCUT2D eigenvalue weighted by Gasteiger charge is 2.17. The van der Waals surface area contributed by atoms with Crippen LogP contribution in [0.15, 0.2) is 48.5 Å². The molecule has 0 radical (unpaired) electrons. The molecular weight excluding hydrogens is 423 g/mol. The lowest BCUT2D eigenvalue weighted by Gasteiger charge is -2.26. The van der Waals surface area contributed by atoms with Gasteiger partial charge in [-0.1, -0.05) is 19.1 Å². The lowest BCUT2D eigenvalue weighted by molar-refractivity contribution is 0.0383. The van der Waals surface area contributed by atoms with Crippen molar-refractivity contribution in [2.75, 3.05) is 44.7 Å². The molecule has 0 spiro atoms. The van der Waals surface area contributed by atoms with Gasteiger partial charge < -0.3 is 19.9 Å². The Bertz CT molecular complexity index is 1140. The number of nitrogens with one attached hydrogen (secondary N) is 2. The second-order valence-corrected chi connectivity index (χ2v) is 8.10. The lowest BCUT2D eigenvalue weighted by atomic mass is 10.2. The van der Waals surface area contributed by atoms with Crippen LogP contribution < -0.4 is 10.6 Å². The molecule has 2 aromatic carbocycles. The summed E-state index contributed by atoms with van der Waals surface area (Å²) < 4.78 is 21.3. The third-order valence-electron chi connectivity index (χ3n) is 5.77. The number of aromatic nitrogens is 1. The van der Waals surface area contributed by atoms with Crippen molar-refractivity contribution in [2.24, 2.45) is 0 Å². The molecule has 1 aliphatic rings. The smallest absolute Gasteiger partial charge is 0.267 e. The predicted molar refractivity (Wildman–Crippen MR) is 126 cm³/mol. The maximum Gasteiger partial charge on any atom is 0.267 e. The van der Waals surface area contributed by atoms with E-state index >= 15 is 0 Å². The Morgan fingerprint density at radius 1 is 1.03 bits per heavy atom. The van der Waals surface area contributed by atoms with E-state index < -0.39 is 11.7 Å². The van der Waals surface area contributed by atoms with E-state index in [0.29, 0.717) is 24.5 Å². The summed E-state index contributed by atoms with van der Waals surface area (Å²) in [6, 6.07) is 13.2. The summed E-state index contributed by atoms with van der Waals surface area (Å²) in [5.41, 5.74) is 2.04. The summed E-state index contributed by atoms with van der Waals surface area (Å²) in [6.45, 7) is 7.35. The number of rotatable bonds is 8. The molecule has 1 aliphatic heterocycles. The van der Waals surface area contributed by atoms with Crippen LogP contribution in [0.25, 0.3) is 10.9 Å². The van der Waals surface area contributed by atoms with E-state index in [9.17, 15) is 14.0 Å². The first-order valence-corrected chi connectivity index (χ1v) is 11.3. The van der Waals surface area contributed by atoms with Crippen molar-refractivity contribution in [1.29, 1.82) is 0 Å². The van der Waals surface area contributed by atoms with Gasteiger partial charge in [0, 0.05) is 49.3 Å². The van der Waals surface area contributed by atoms with Crippen LogP contribution in [0.1, 0.15) is 34.2 Å². The summed E-state index contributed by atoms with van der Waals surface area (Å²) in [7, 11) is 0. The fourth-order valence-corrected chi connectivity index (χ4v) is 4.09. The van der Waals surface area contributed by atoms with E-state index in [1.807, 2.05) is 22.8 Å². The molecule has 1 saturated heterocycles. The number of aryl methyl sites for hydroxylation is 1. The largest absolute Gasteiger partial charge is 0.379 e. The number of fused-ring (bicyclic) bond motifs is 1. The zero-order valence-corrected chi connectivity index (χ0v) is 18.8. The first-order chi connectivity index (χ1) is 16.1. The molecule has 0 unspecified atom stereocenters. The molecule has 0 saturated carbocycles. The fraction of sp³-hybridized carbons (Fsp3) is 0.360. The molecule has 2 amide bonds. The Morgan fingerprint density at radius 3 is 2.58 bits per heavy atom. The van der Waals surface area contributed by atoms with Gasteiger partial charge in [0.1, 0.15) is 11.5 Å². The monoisotopic (exact) mass is 452 g/mol. The van der Waals surface area contributed by atoms with Gasteiger partial charge in [0.15, 0.2) is 0 Å². The van der Waals surface area contributed by atoms with Crippen molar-refractivity contribution < 1.29 is 18.7 Å². The Morgan fingerprint density at radius 2 is 1.82 bits per heavy atom. The van der Waals surface area contributed by atoms with Crippen molar-refractivity contribution in [3.63, 3.8) is 0 Å². The van der Waals surface area contributed by atoms with Gasteiger partial charge >= 0.3 is 0 Å². The first-order valence-electron chi connectivity index (χ1n) is 11.3. The number of nitrogens with zero attached hydrogens (tertiary/aromatic N) is 2. The second kappa shape index (κ2) is 10.6. The van der Waals surface area contributed by atoms with Gasteiger partial charge in [-0.05, 0) is 42.8 Å². The van der Waals surface area contributed by atoms with Gasteiger partial charge in [0.25, 0.3) is 11.8 Å². The zero-order chi connectivity index (χ0) is 23.2. The zero-order valence-electron chi connectivity index (χ0n) is 18.8. The molecule has 4 rings (SSSR count). The molecule has 2 N–H and O–H groups in total. The Hall–Kier alpha value is -3.23. The Balaban J connectivity index is 1.49. The summed E-state index contributed by atoms with van der Waals surface area (Å²) in [5.74, 6) is -1.20. The van der Waals surface area contributed by atoms with E-state index in [1.54, 1.807) is 18.2 Å². The summed E-state index contributed by atoms with van der Waals surface area (Å²) >= 11 is 0. The van der Waals surface area contributed by atoms with Gasteiger partial charge in [-0.15, -0.1) is 0 Å². The van der Waals surface area contributed by atoms with E-state index in [2.05, 4.69) is 22.5 Å². The van der Waals surface area contributed by atoms with E-state index in [0.717, 1.165) is 50.2 Å². The number of morpholine rings is 1. The van der Waals surface area contributed by atoms with E-state index in [-0.39, 0.29) is 11.5 Å². The number of hydrogen-bond donors (Lipinski definition) is 2. The molecule has 8 heteroatoms. The first kappa shape index (κ1) is 22.9. The number of amides is 2. The SMILES string of the molecule is CCCn1c(C(=O)NCCN2CCOCC2)cc2cc(NC(=O)c3ccccc3F)ccc21. The predicted octanol–water partition coefficient (Wildman–Crippen LogP) is 3.50. The fourth-order valence-electron chi connectivity index (χ4n) is 4.09. The van der Waals surface area contributed by atoms with Gasteiger partial charge in [-0.25, -0.2) is 4.39 Å². The summed E-state index contributed by atoms with van der Waals surface area (Å²) in [5, 5.41) is 6.62. The number of ether oxygens (including phenoxy) is 1. The minimum Gasteiger partial charge on any atom is -0.379 e. The number of hydrogen-bond acceptors (Lipinski definition) is 4. The summed E-state index contributed by atoms with van der Waals surface area (Å²) in [4.78, 5) is 27.7. The molecule has 1 aromatic heterocycles. The van der Waals surface area contributed by atoms with Gasteiger partial charge in [-0.2, -0.15) is 0 Å². The maximum absolute atomic E-state index is 13.9. The molecule has 174 valence electrons. The summed E-state index contributed by atoms with van der Waals surface area (Å²) in [6.07, 6.45) is 0.879. The van der Waals surface area contributed by atoms with Gasteiger partial charge in [0.2, 0.25) is 0 Å². The van der Waals surface area contributed by atoms with E-state index in [4.69, 9.17) is 4.74 Å². The standard InChI is InChI=1S/C25H29FN4O3/c1-2-10-30-22-8-7-19(28-24(31)20-5-3-4-6-21(20)26)16-18(22)17-23(30)25(32)27-9-11-29-12-14-33-15-13-29/h3-8,16-17H,2,9-15H2,1H3,(H,27,32)(H,28,31). The van der Waals surface area contributed by atoms with Crippen LogP contribution in [0, 0.1) is 5.82 Å². The van der Waals surface area contributed by atoms with Crippen molar-refractivity contribution in [1.82, 2.24) is 14.8 Å². The Labute approximate surface area is 192 Å². The highest BCUT2D eigenvalue weighted by molar-refractivity contribution is 6.06. The molecule has 2 heterocycles. The van der Waals surface area contributed by atoms with Crippen LogP contribution in [0.3, 0.4) is 0 Å². The number of anilines is 1. The molecule has 0 atom stereocenters. The quantitative estimate of drug-likeness (QED) is 0.549. The number of benzene rings is 2. The molecule has 1 fully saturated rings. The van der Waals surface area contributed by atoms with Crippen LogP contribution in [0.5, 0.6) is 0 Å². The van der Waals surface area contributed by atoms with Crippen molar-refractivity contribution in [3.05, 3.63) is 65.6 Å². The average Bonchev–Trinajstić information content (AvgIpc) is 3.18. The van der Waals surface area contributed by atoms with Crippen molar-refractivity contribution >= 4 is 28.4 Å². The van der Waals surface area contributed by atoms with Crippen molar-refractivity contribution in [2.45, 2.75) is 19.9 Å². The highest BCUT2D eigenvalue weighted by Crippen LogP contribution is 2.25. The topological polar surface area (TPSA) is 75.6 Å². The van der Waals surface area contributed by atoms with Crippen LogP contribution in [0.2, 0.25) is 0 Å². The highest BCUT2D eigenvalue weighted by atomic mass is 19.1. The van der Waals surface area contributed by atoms with Crippen LogP contribution in [0.4, 0.5) is 10.1 Å². The maximum atomic E-state index is 13.9. The molecule has 3 aromatic rings.